The lowest BCUT2D eigenvalue weighted by Gasteiger charge is -2.33. The van der Waals surface area contributed by atoms with Crippen molar-refractivity contribution in [1.82, 2.24) is 25.5 Å². The highest BCUT2D eigenvalue weighted by Gasteiger charge is 2.20. The topological polar surface area (TPSA) is 68.3 Å². The molecule has 1 aromatic heterocycles. The maximum Gasteiger partial charge on any atom is 0.191 e. The SMILES string of the molecule is CCNC(=NCCCc1nc2ccccc2[nH]1)NC1CCN(Cc2ccccc2)CC1. The number of aromatic nitrogens is 2. The number of imidazole rings is 1. The lowest BCUT2D eigenvalue weighted by molar-refractivity contribution is 0.198. The fraction of sp³-hybridized carbons (Fsp3) is 0.440. The largest absolute Gasteiger partial charge is 0.357 e. The Bertz CT molecular complexity index is 923. The zero-order valence-corrected chi connectivity index (χ0v) is 18.5. The number of rotatable bonds is 8. The first-order valence-corrected chi connectivity index (χ1v) is 11.5. The molecule has 0 spiro atoms. The molecule has 1 aliphatic rings. The first-order valence-electron chi connectivity index (χ1n) is 11.5. The Kier molecular flexibility index (Phi) is 7.56. The molecule has 6 nitrogen and oxygen atoms in total. The molecule has 4 rings (SSSR count). The molecule has 1 saturated heterocycles. The summed E-state index contributed by atoms with van der Waals surface area (Å²) >= 11 is 0. The van der Waals surface area contributed by atoms with E-state index in [1.54, 1.807) is 0 Å². The summed E-state index contributed by atoms with van der Waals surface area (Å²) in [6.07, 6.45) is 4.19. The molecule has 0 radical (unpaired) electrons. The summed E-state index contributed by atoms with van der Waals surface area (Å²) < 4.78 is 0. The van der Waals surface area contributed by atoms with E-state index in [-0.39, 0.29) is 0 Å². The van der Waals surface area contributed by atoms with Crippen molar-refractivity contribution in [2.24, 2.45) is 4.99 Å². The van der Waals surface area contributed by atoms with Gasteiger partial charge in [0, 0.05) is 45.2 Å². The van der Waals surface area contributed by atoms with E-state index >= 15 is 0 Å². The van der Waals surface area contributed by atoms with Gasteiger partial charge < -0.3 is 15.6 Å². The van der Waals surface area contributed by atoms with E-state index in [4.69, 9.17) is 4.99 Å². The van der Waals surface area contributed by atoms with Gasteiger partial charge in [0.1, 0.15) is 5.82 Å². The number of hydrogen-bond acceptors (Lipinski definition) is 3. The third-order valence-corrected chi connectivity index (χ3v) is 5.80. The molecule has 2 heterocycles. The van der Waals surface area contributed by atoms with Crippen LogP contribution in [-0.4, -0.2) is 53.0 Å². The Hall–Kier alpha value is -2.86. The lowest BCUT2D eigenvalue weighted by Crippen LogP contribution is -2.48. The van der Waals surface area contributed by atoms with Crippen LogP contribution in [0.4, 0.5) is 0 Å². The number of aliphatic imine (C=N–C) groups is 1. The van der Waals surface area contributed by atoms with E-state index in [1.807, 2.05) is 18.2 Å². The molecule has 0 atom stereocenters. The maximum atomic E-state index is 4.80. The number of nitrogens with one attached hydrogen (secondary N) is 3. The molecule has 0 bridgehead atoms. The number of H-pyrrole nitrogens is 1. The van der Waals surface area contributed by atoms with Gasteiger partial charge in [-0.3, -0.25) is 9.89 Å². The lowest BCUT2D eigenvalue weighted by atomic mass is 10.0. The van der Waals surface area contributed by atoms with Crippen molar-refractivity contribution in [3.63, 3.8) is 0 Å². The first kappa shape index (κ1) is 21.4. The van der Waals surface area contributed by atoms with Crippen LogP contribution in [0, 0.1) is 0 Å². The van der Waals surface area contributed by atoms with Crippen LogP contribution in [0.25, 0.3) is 11.0 Å². The Morgan fingerprint density at radius 2 is 1.87 bits per heavy atom. The summed E-state index contributed by atoms with van der Waals surface area (Å²) in [5.41, 5.74) is 3.54. The Balaban J connectivity index is 1.21. The third-order valence-electron chi connectivity index (χ3n) is 5.80. The van der Waals surface area contributed by atoms with Crippen LogP contribution in [0.15, 0.2) is 59.6 Å². The van der Waals surface area contributed by atoms with Crippen LogP contribution in [-0.2, 0) is 13.0 Å². The zero-order valence-electron chi connectivity index (χ0n) is 18.5. The van der Waals surface area contributed by atoms with Crippen molar-refractivity contribution in [2.45, 2.75) is 45.2 Å². The maximum absolute atomic E-state index is 4.80. The predicted molar refractivity (Wildman–Crippen MR) is 128 cm³/mol. The molecule has 31 heavy (non-hydrogen) atoms. The molecule has 164 valence electrons. The van der Waals surface area contributed by atoms with Crippen molar-refractivity contribution in [3.8, 4) is 0 Å². The van der Waals surface area contributed by atoms with Gasteiger partial charge in [0.2, 0.25) is 0 Å². The highest BCUT2D eigenvalue weighted by molar-refractivity contribution is 5.80. The number of para-hydroxylation sites is 2. The first-order chi connectivity index (χ1) is 15.3. The number of fused-ring (bicyclic) bond motifs is 1. The van der Waals surface area contributed by atoms with Crippen molar-refractivity contribution >= 4 is 17.0 Å². The van der Waals surface area contributed by atoms with E-state index in [0.29, 0.717) is 6.04 Å². The molecule has 2 aromatic carbocycles. The summed E-state index contributed by atoms with van der Waals surface area (Å²) in [7, 11) is 0. The highest BCUT2D eigenvalue weighted by atomic mass is 15.2. The second-order valence-electron chi connectivity index (χ2n) is 8.25. The fourth-order valence-electron chi connectivity index (χ4n) is 4.15. The zero-order chi connectivity index (χ0) is 21.3. The number of likely N-dealkylation sites (tertiary alicyclic amines) is 1. The summed E-state index contributed by atoms with van der Waals surface area (Å²) in [6.45, 7) is 7.08. The molecular weight excluding hydrogens is 384 g/mol. The standard InChI is InChI=1S/C25H34N6/c1-2-26-25(27-16-8-13-24-29-22-11-6-7-12-23(22)30-24)28-21-14-17-31(18-15-21)19-20-9-4-3-5-10-20/h3-7,9-12,21H,2,8,13-19H2,1H3,(H,29,30)(H2,26,27,28). The van der Waals surface area contributed by atoms with Crippen molar-refractivity contribution < 1.29 is 0 Å². The molecule has 1 aliphatic heterocycles. The van der Waals surface area contributed by atoms with Crippen LogP contribution >= 0.6 is 0 Å². The monoisotopic (exact) mass is 418 g/mol. The van der Waals surface area contributed by atoms with Gasteiger partial charge in [-0.2, -0.15) is 0 Å². The Morgan fingerprint density at radius 3 is 2.65 bits per heavy atom. The van der Waals surface area contributed by atoms with Gasteiger partial charge in [-0.05, 0) is 43.9 Å². The smallest absolute Gasteiger partial charge is 0.191 e. The van der Waals surface area contributed by atoms with Crippen LogP contribution in [0.3, 0.4) is 0 Å². The molecule has 0 unspecified atom stereocenters. The van der Waals surface area contributed by atoms with E-state index in [0.717, 1.165) is 81.2 Å². The van der Waals surface area contributed by atoms with Gasteiger partial charge in [0.15, 0.2) is 5.96 Å². The third kappa shape index (κ3) is 6.31. The molecule has 0 amide bonds. The number of guanidine groups is 1. The van der Waals surface area contributed by atoms with Crippen LogP contribution in [0.5, 0.6) is 0 Å². The summed E-state index contributed by atoms with van der Waals surface area (Å²) in [6, 6.07) is 19.4. The molecule has 3 N–H and O–H groups in total. The van der Waals surface area contributed by atoms with Gasteiger partial charge in [-0.1, -0.05) is 42.5 Å². The second-order valence-corrected chi connectivity index (χ2v) is 8.25. The van der Waals surface area contributed by atoms with E-state index < -0.39 is 0 Å². The quantitative estimate of drug-likeness (QED) is 0.296. The number of aryl methyl sites for hydroxylation is 1. The summed E-state index contributed by atoms with van der Waals surface area (Å²) in [5, 5.41) is 7.05. The summed E-state index contributed by atoms with van der Waals surface area (Å²) in [5.74, 6) is 1.98. The molecule has 1 fully saturated rings. The van der Waals surface area contributed by atoms with Crippen LogP contribution in [0.2, 0.25) is 0 Å². The fourth-order valence-corrected chi connectivity index (χ4v) is 4.15. The number of aromatic amines is 1. The highest BCUT2D eigenvalue weighted by Crippen LogP contribution is 2.14. The van der Waals surface area contributed by atoms with Crippen molar-refractivity contribution in [2.75, 3.05) is 26.2 Å². The molecule has 0 saturated carbocycles. The van der Waals surface area contributed by atoms with Crippen molar-refractivity contribution in [1.29, 1.82) is 0 Å². The number of hydrogen-bond donors (Lipinski definition) is 3. The van der Waals surface area contributed by atoms with Crippen LogP contribution in [0.1, 0.15) is 37.6 Å². The number of benzene rings is 2. The van der Waals surface area contributed by atoms with E-state index in [9.17, 15) is 0 Å². The minimum Gasteiger partial charge on any atom is -0.357 e. The predicted octanol–water partition coefficient (Wildman–Crippen LogP) is 3.72. The molecule has 3 aromatic rings. The van der Waals surface area contributed by atoms with Gasteiger partial charge >= 0.3 is 0 Å². The van der Waals surface area contributed by atoms with Gasteiger partial charge in [-0.25, -0.2) is 4.98 Å². The van der Waals surface area contributed by atoms with Gasteiger partial charge in [-0.15, -0.1) is 0 Å². The molecular formula is C25H34N6. The normalized spacial score (nSPS) is 16.0. The van der Waals surface area contributed by atoms with E-state index in [2.05, 4.69) is 68.8 Å². The summed E-state index contributed by atoms with van der Waals surface area (Å²) in [4.78, 5) is 15.4. The number of nitrogens with zero attached hydrogens (tertiary/aromatic N) is 3. The van der Waals surface area contributed by atoms with E-state index in [1.165, 1.54) is 5.56 Å². The average Bonchev–Trinajstić information content (AvgIpc) is 3.22. The van der Waals surface area contributed by atoms with Gasteiger partial charge in [0.05, 0.1) is 11.0 Å². The Morgan fingerprint density at radius 1 is 1.10 bits per heavy atom. The van der Waals surface area contributed by atoms with Gasteiger partial charge in [0.25, 0.3) is 0 Å². The van der Waals surface area contributed by atoms with Crippen molar-refractivity contribution in [3.05, 3.63) is 66.0 Å². The average molecular weight is 419 g/mol. The second kappa shape index (κ2) is 11.0. The van der Waals surface area contributed by atoms with Crippen LogP contribution < -0.4 is 10.6 Å². The number of piperidine rings is 1. The molecule has 6 heteroatoms. The molecule has 0 aliphatic carbocycles. The minimum atomic E-state index is 0.486. The Labute approximate surface area is 185 Å². The minimum absolute atomic E-state index is 0.486.